The zero-order chi connectivity index (χ0) is 34.7. The van der Waals surface area contributed by atoms with Gasteiger partial charge in [0.15, 0.2) is 0 Å². The summed E-state index contributed by atoms with van der Waals surface area (Å²) in [7, 11) is 37.6. The van der Waals surface area contributed by atoms with Crippen molar-refractivity contribution < 1.29 is 31.1 Å². The molecule has 0 N–H and O–H groups in total. The number of para-hydroxylation sites is 4. The van der Waals surface area contributed by atoms with Crippen molar-refractivity contribution in [2.24, 2.45) is 6.66 Å². The fourth-order valence-electron chi connectivity index (χ4n) is 5.79. The van der Waals surface area contributed by atoms with E-state index in [1.54, 1.807) is 14.1 Å². The summed E-state index contributed by atoms with van der Waals surface area (Å²) in [6.07, 6.45) is 0. The number of anilines is 4. The average molecular weight is 800 g/mol. The first kappa shape index (κ1) is 44.8. The smallest absolute Gasteiger partial charge is 0.0523 e. The molecule has 0 atom stereocenters. The molecule has 0 aromatic heterocycles. The maximum Gasteiger partial charge on any atom is 0.0523 e. The van der Waals surface area contributed by atoms with Crippen molar-refractivity contribution in [1.29, 1.82) is 0 Å². The largest absolute Gasteiger partial charge is 0.668 e. The zero-order valence-corrected chi connectivity index (χ0v) is 36.2. The third kappa shape index (κ3) is 13.1. The molecule has 0 saturated carbocycles. The first-order valence-corrected chi connectivity index (χ1v) is 25.1. The Hall–Kier alpha value is -0.202. The summed E-state index contributed by atoms with van der Waals surface area (Å²) < 4.78 is 9.05. The predicted molar refractivity (Wildman–Crippen MR) is 204 cm³/mol. The molecule has 47 heavy (non-hydrogen) atoms. The summed E-state index contributed by atoms with van der Waals surface area (Å²) in [5.41, 5.74) is 4.77. The van der Waals surface area contributed by atoms with Crippen LogP contribution in [0.3, 0.4) is 0 Å². The normalized spacial score (nSPS) is 15.9. The summed E-state index contributed by atoms with van der Waals surface area (Å²) in [6.45, 7) is 12.0. The van der Waals surface area contributed by atoms with Crippen LogP contribution < -0.4 is 19.2 Å². The zero-order valence-electron chi connectivity index (χ0n) is 30.0. The van der Waals surface area contributed by atoms with Crippen LogP contribution in [0.15, 0.2) is 55.2 Å². The van der Waals surface area contributed by atoms with Crippen LogP contribution in [-0.4, -0.2) is 110 Å². The fraction of sp³-hybridized carbons (Fsp3) is 0.552. The van der Waals surface area contributed by atoms with E-state index in [1.807, 2.05) is 26.2 Å². The Morgan fingerprint density at radius 3 is 1.15 bits per heavy atom. The molecule has 3 aliphatic heterocycles. The SMILES string of the molecule is CC(C)N1B([N]=[Ti]([Cl])[Cl])N(C(C)C)c2ccccc21.CN1B([N]=[Ti]([Cl])[Cl])N(C)c2ccccc21.CN1CN(C)CN(C)C1.C[N-]C.[CH3-]. The van der Waals surface area contributed by atoms with Gasteiger partial charge in [-0.25, -0.2) is 0 Å². The standard InChI is InChI=1S/C12H18BN3.C8H10BN3.C6H15N3.C2H6N.CH3.4ClH.2Ti/c1-9(2)15-11-7-5-6-8-12(11)16(10(3)4)13(15)14;1-11-7-5-3-4-6-8(7)12(2)9(11)10;1-7-4-8(2)6-9(3)5-7;1-3-2;;;;;;;/h5-10H,1-4H3;3-6H,1-2H3;4-6H2,1-3H3;1-2H3;1H3;4*1H;;/q;;;2*-1;;;;;2*+2/p-4. The summed E-state index contributed by atoms with van der Waals surface area (Å²) >= 11 is -4.48. The number of halogens is 4. The molecular formula is C29H52B2Cl4N10Ti2-2. The van der Waals surface area contributed by atoms with E-state index in [1.165, 1.54) is 22.7 Å². The van der Waals surface area contributed by atoms with E-state index in [0.717, 1.165) is 20.0 Å². The van der Waals surface area contributed by atoms with E-state index in [-0.39, 0.29) is 21.7 Å². The van der Waals surface area contributed by atoms with Gasteiger partial charge in [0.1, 0.15) is 0 Å². The van der Waals surface area contributed by atoms with E-state index in [4.69, 9.17) is 37.2 Å². The van der Waals surface area contributed by atoms with Crippen molar-refractivity contribution in [3.63, 3.8) is 0 Å². The maximum absolute atomic E-state index is 6.05. The van der Waals surface area contributed by atoms with Gasteiger partial charge in [0.05, 0.1) is 20.0 Å². The molecule has 1 saturated heterocycles. The van der Waals surface area contributed by atoms with E-state index in [2.05, 4.69) is 131 Å². The van der Waals surface area contributed by atoms with Gasteiger partial charge in [-0.1, -0.05) is 0 Å². The molecule has 0 aliphatic carbocycles. The minimum Gasteiger partial charge on any atom is -0.668 e. The fourth-order valence-corrected chi connectivity index (χ4v) is 8.70. The van der Waals surface area contributed by atoms with Crippen LogP contribution in [0.25, 0.3) is 5.32 Å². The Morgan fingerprint density at radius 1 is 0.596 bits per heavy atom. The van der Waals surface area contributed by atoms with E-state index in [9.17, 15) is 0 Å². The second-order valence-electron chi connectivity index (χ2n) is 12.1. The van der Waals surface area contributed by atoms with Crippen molar-refractivity contribution in [1.82, 2.24) is 14.7 Å². The molecule has 2 aromatic carbocycles. The molecule has 5 rings (SSSR count). The number of fused-ring (bicyclic) bond motifs is 2. The molecule has 0 spiro atoms. The van der Waals surface area contributed by atoms with Crippen LogP contribution in [-0.2, 0) is 31.1 Å². The number of nitrogens with zero attached hydrogens (tertiary/aromatic N) is 10. The first-order chi connectivity index (χ1) is 21.6. The van der Waals surface area contributed by atoms with Crippen molar-refractivity contribution in [3.8, 4) is 0 Å². The Labute approximate surface area is 313 Å². The Kier molecular flexibility index (Phi) is 20.9. The van der Waals surface area contributed by atoms with Crippen LogP contribution in [0.1, 0.15) is 27.7 Å². The minimum absolute atomic E-state index is 0. The minimum atomic E-state index is -2.29. The summed E-state index contributed by atoms with van der Waals surface area (Å²) in [4.78, 5) is 15.6. The Morgan fingerprint density at radius 2 is 0.872 bits per heavy atom. The number of rotatable bonds is 4. The van der Waals surface area contributed by atoms with Crippen molar-refractivity contribution >= 4 is 74.2 Å². The Bertz CT molecular complexity index is 1200. The van der Waals surface area contributed by atoms with Crippen LogP contribution >= 0.6 is 37.2 Å². The van der Waals surface area contributed by atoms with E-state index < -0.39 is 31.1 Å². The van der Waals surface area contributed by atoms with E-state index >= 15 is 0 Å². The predicted octanol–water partition coefficient (Wildman–Crippen LogP) is 7.63. The summed E-state index contributed by atoms with van der Waals surface area (Å²) in [6, 6.07) is 17.3. The molecule has 3 aliphatic rings. The molecule has 0 unspecified atom stereocenters. The number of benzene rings is 2. The molecule has 10 nitrogen and oxygen atoms in total. The van der Waals surface area contributed by atoms with Crippen molar-refractivity contribution in [2.75, 3.05) is 88.6 Å². The molecular weight excluding hydrogens is 748 g/mol. The van der Waals surface area contributed by atoms with Gasteiger partial charge in [0.2, 0.25) is 0 Å². The van der Waals surface area contributed by atoms with Crippen LogP contribution in [0, 0.1) is 7.43 Å². The molecule has 0 amide bonds. The first-order valence-electron chi connectivity index (χ1n) is 15.2. The summed E-state index contributed by atoms with van der Waals surface area (Å²) in [5, 5.41) is 3.50. The maximum atomic E-state index is 6.05. The third-order valence-electron chi connectivity index (χ3n) is 7.26. The second-order valence-corrected chi connectivity index (χ2v) is 21.9. The molecule has 18 heteroatoms. The van der Waals surface area contributed by atoms with Gasteiger partial charge in [-0.2, -0.15) is 14.1 Å². The van der Waals surface area contributed by atoms with Gasteiger partial charge in [-0.05, 0) is 21.1 Å². The number of hydrogen-bond donors (Lipinski definition) is 0. The number of hydrogen-bond acceptors (Lipinski definition) is 9. The molecule has 0 bridgehead atoms. The third-order valence-corrected chi connectivity index (χ3v) is 10.2. The van der Waals surface area contributed by atoms with Crippen LogP contribution in [0.4, 0.5) is 22.7 Å². The summed E-state index contributed by atoms with van der Waals surface area (Å²) in [5.74, 6) is 0. The molecule has 3 heterocycles. The van der Waals surface area contributed by atoms with Gasteiger partial charge < -0.3 is 12.7 Å². The second kappa shape index (κ2) is 21.9. The van der Waals surface area contributed by atoms with Crippen molar-refractivity contribution in [3.05, 3.63) is 61.3 Å². The van der Waals surface area contributed by atoms with Gasteiger partial charge in [-0.3, -0.25) is 14.7 Å². The Balaban J connectivity index is 0.000000352. The molecule has 262 valence electrons. The van der Waals surface area contributed by atoms with E-state index in [0.29, 0.717) is 12.1 Å². The molecule has 1 fully saturated rings. The van der Waals surface area contributed by atoms with Crippen molar-refractivity contribution in [2.45, 2.75) is 39.8 Å². The van der Waals surface area contributed by atoms with Gasteiger partial charge in [0.25, 0.3) is 0 Å². The monoisotopic (exact) mass is 798 g/mol. The van der Waals surface area contributed by atoms with Crippen LogP contribution in [0.5, 0.6) is 0 Å². The van der Waals surface area contributed by atoms with Gasteiger partial charge in [0, 0.05) is 0 Å². The quantitative estimate of drug-likeness (QED) is 0.233. The molecule has 2 aromatic rings. The average Bonchev–Trinajstić information content (AvgIpc) is 3.40. The van der Waals surface area contributed by atoms with Crippen LogP contribution in [0.2, 0.25) is 0 Å². The topological polar surface area (TPSA) is 61.5 Å². The molecule has 0 radical (unpaired) electrons. The van der Waals surface area contributed by atoms with Gasteiger partial charge in [-0.15, -0.1) is 0 Å². The van der Waals surface area contributed by atoms with Gasteiger partial charge >= 0.3 is 234 Å².